The Balaban J connectivity index is 2.03. The van der Waals surface area contributed by atoms with Crippen molar-refractivity contribution in [2.24, 2.45) is 0 Å². The Morgan fingerprint density at radius 2 is 1.27 bits per heavy atom. The van der Waals surface area contributed by atoms with Gasteiger partial charge in [0.15, 0.2) is 0 Å². The van der Waals surface area contributed by atoms with E-state index in [0.29, 0.717) is 0 Å². The highest BCUT2D eigenvalue weighted by Gasteiger charge is 2.28. The molecule has 4 rings (SSSR count). The van der Waals surface area contributed by atoms with E-state index in [9.17, 15) is 5.11 Å². The summed E-state index contributed by atoms with van der Waals surface area (Å²) in [6.45, 7) is 13.3. The summed E-state index contributed by atoms with van der Waals surface area (Å²) in [7, 11) is 0. The molecule has 3 nitrogen and oxygen atoms in total. The lowest BCUT2D eigenvalue weighted by Gasteiger charge is -2.29. The Morgan fingerprint density at radius 3 is 1.91 bits per heavy atom. The third-order valence-corrected chi connectivity index (χ3v) is 5.89. The first-order valence-electron chi connectivity index (χ1n) is 11.4. The van der Waals surface area contributed by atoms with E-state index in [2.05, 4.69) is 76.9 Å². The van der Waals surface area contributed by atoms with Crippen molar-refractivity contribution in [2.45, 2.75) is 52.4 Å². The molecule has 0 atom stereocenters. The summed E-state index contributed by atoms with van der Waals surface area (Å²) in [4.78, 5) is 9.79. The number of hydrogen-bond donors (Lipinski definition) is 1. The zero-order chi connectivity index (χ0) is 23.8. The average molecular weight is 437 g/mol. The number of nitrogens with zero attached hydrogens (tertiary/aromatic N) is 2. The second-order valence-corrected chi connectivity index (χ2v) is 10.6. The molecule has 0 unspecified atom stereocenters. The monoisotopic (exact) mass is 436 g/mol. The van der Waals surface area contributed by atoms with Gasteiger partial charge >= 0.3 is 0 Å². The fourth-order valence-electron chi connectivity index (χ4n) is 4.12. The van der Waals surface area contributed by atoms with Crippen molar-refractivity contribution in [3.05, 3.63) is 90.1 Å². The first-order valence-corrected chi connectivity index (χ1v) is 11.4. The zero-order valence-corrected chi connectivity index (χ0v) is 20.3. The SMILES string of the molecule is CC(C)(C)c1cc(C(C)(C)C)c(-c2ccccc2O)nc1-c1cccc(-c2ccccn2)c1. The molecular formula is C30H32N2O. The maximum Gasteiger partial charge on any atom is 0.124 e. The minimum absolute atomic E-state index is 0.111. The predicted octanol–water partition coefficient (Wildman–Crippen LogP) is 7.78. The standard InChI is InChI=1S/C30H32N2O/c1-29(2,3)23-19-24(30(4,5)6)28(22-14-7-8-16-26(22)33)32-27(23)21-13-11-12-20(18-21)25-15-9-10-17-31-25/h7-19,33H,1-6H3. The molecule has 1 N–H and O–H groups in total. The largest absolute Gasteiger partial charge is 0.507 e. The lowest BCUT2D eigenvalue weighted by atomic mass is 9.77. The van der Waals surface area contributed by atoms with Gasteiger partial charge in [-0.25, -0.2) is 4.98 Å². The molecule has 33 heavy (non-hydrogen) atoms. The van der Waals surface area contributed by atoms with Crippen LogP contribution in [-0.2, 0) is 10.8 Å². The molecule has 4 aromatic rings. The molecule has 0 fully saturated rings. The van der Waals surface area contributed by atoms with E-state index >= 15 is 0 Å². The second kappa shape index (κ2) is 8.47. The van der Waals surface area contributed by atoms with Gasteiger partial charge in [-0.3, -0.25) is 4.98 Å². The van der Waals surface area contributed by atoms with Crippen LogP contribution in [0.25, 0.3) is 33.8 Å². The van der Waals surface area contributed by atoms with Crippen LogP contribution in [0.4, 0.5) is 0 Å². The van der Waals surface area contributed by atoms with Crippen molar-refractivity contribution >= 4 is 0 Å². The number of aromatic hydroxyl groups is 1. The van der Waals surface area contributed by atoms with Crippen LogP contribution in [0.1, 0.15) is 52.7 Å². The third-order valence-electron chi connectivity index (χ3n) is 5.89. The van der Waals surface area contributed by atoms with Crippen LogP contribution in [0.2, 0.25) is 0 Å². The summed E-state index contributed by atoms with van der Waals surface area (Å²) in [6, 6.07) is 24.1. The molecule has 0 aliphatic heterocycles. The molecule has 0 amide bonds. The summed E-state index contributed by atoms with van der Waals surface area (Å²) in [5.41, 5.74) is 7.61. The Bertz CT molecular complexity index is 1280. The lowest BCUT2D eigenvalue weighted by Crippen LogP contribution is -2.20. The van der Waals surface area contributed by atoms with Crippen LogP contribution >= 0.6 is 0 Å². The quantitative estimate of drug-likeness (QED) is 0.357. The zero-order valence-electron chi connectivity index (χ0n) is 20.3. The molecule has 0 saturated carbocycles. The van der Waals surface area contributed by atoms with Gasteiger partial charge in [0.25, 0.3) is 0 Å². The molecule has 0 bridgehead atoms. The number of hydrogen-bond acceptors (Lipinski definition) is 3. The van der Waals surface area contributed by atoms with E-state index in [-0.39, 0.29) is 16.6 Å². The number of benzene rings is 2. The molecule has 0 saturated heterocycles. The number of para-hydroxylation sites is 1. The number of rotatable bonds is 3. The van der Waals surface area contributed by atoms with E-state index < -0.39 is 0 Å². The lowest BCUT2D eigenvalue weighted by molar-refractivity contribution is 0.476. The first kappa shape index (κ1) is 22.7. The van der Waals surface area contributed by atoms with Crippen molar-refractivity contribution in [1.29, 1.82) is 0 Å². The highest BCUT2D eigenvalue weighted by atomic mass is 16.3. The summed E-state index contributed by atoms with van der Waals surface area (Å²) in [5, 5.41) is 10.7. The minimum Gasteiger partial charge on any atom is -0.507 e. The van der Waals surface area contributed by atoms with Crippen molar-refractivity contribution in [2.75, 3.05) is 0 Å². The number of phenols is 1. The van der Waals surface area contributed by atoms with Crippen LogP contribution < -0.4 is 0 Å². The smallest absolute Gasteiger partial charge is 0.124 e. The summed E-state index contributed by atoms with van der Waals surface area (Å²) in [5.74, 6) is 0.243. The van der Waals surface area contributed by atoms with Crippen LogP contribution in [-0.4, -0.2) is 15.1 Å². The topological polar surface area (TPSA) is 46.0 Å². The van der Waals surface area contributed by atoms with Crippen LogP contribution in [0.5, 0.6) is 5.75 Å². The van der Waals surface area contributed by atoms with Gasteiger partial charge in [0.1, 0.15) is 5.75 Å². The molecule has 0 aliphatic carbocycles. The Labute approximate surface area is 197 Å². The fourth-order valence-corrected chi connectivity index (χ4v) is 4.12. The third kappa shape index (κ3) is 4.68. The summed E-state index contributed by atoms with van der Waals surface area (Å²) >= 11 is 0. The van der Waals surface area contributed by atoms with Crippen molar-refractivity contribution < 1.29 is 5.11 Å². The fraction of sp³-hybridized carbons (Fsp3) is 0.267. The highest BCUT2D eigenvalue weighted by Crippen LogP contribution is 2.42. The molecular weight excluding hydrogens is 404 g/mol. The van der Waals surface area contributed by atoms with Gasteiger partial charge in [0, 0.05) is 22.9 Å². The number of pyridine rings is 2. The molecule has 3 heteroatoms. The van der Waals surface area contributed by atoms with Gasteiger partial charge in [0.2, 0.25) is 0 Å². The molecule has 0 spiro atoms. The van der Waals surface area contributed by atoms with Gasteiger partial charge in [0.05, 0.1) is 17.1 Å². The Kier molecular flexibility index (Phi) is 5.84. The molecule has 2 aromatic heterocycles. The normalized spacial score (nSPS) is 12.1. The van der Waals surface area contributed by atoms with E-state index in [1.807, 2.05) is 42.6 Å². The summed E-state index contributed by atoms with van der Waals surface area (Å²) in [6.07, 6.45) is 1.81. The minimum atomic E-state index is -0.140. The molecule has 0 aliphatic rings. The highest BCUT2D eigenvalue weighted by molar-refractivity contribution is 5.78. The number of phenolic OH excluding ortho intramolecular Hbond substituents is 1. The number of aromatic nitrogens is 2. The molecule has 2 aromatic carbocycles. The van der Waals surface area contributed by atoms with E-state index in [0.717, 1.165) is 39.3 Å². The maximum absolute atomic E-state index is 10.7. The van der Waals surface area contributed by atoms with E-state index in [1.54, 1.807) is 6.07 Å². The van der Waals surface area contributed by atoms with Gasteiger partial charge < -0.3 is 5.11 Å². The van der Waals surface area contributed by atoms with Crippen LogP contribution in [0.3, 0.4) is 0 Å². The Hall–Kier alpha value is -3.46. The van der Waals surface area contributed by atoms with Crippen molar-refractivity contribution in [3.63, 3.8) is 0 Å². The van der Waals surface area contributed by atoms with Gasteiger partial charge in [-0.2, -0.15) is 0 Å². The van der Waals surface area contributed by atoms with Gasteiger partial charge in [-0.05, 0) is 52.3 Å². The average Bonchev–Trinajstić information content (AvgIpc) is 2.78. The van der Waals surface area contributed by atoms with Gasteiger partial charge in [-0.1, -0.05) is 84.0 Å². The van der Waals surface area contributed by atoms with E-state index in [1.165, 1.54) is 5.56 Å². The molecule has 0 radical (unpaired) electrons. The first-order chi connectivity index (χ1) is 15.6. The van der Waals surface area contributed by atoms with Gasteiger partial charge in [-0.15, -0.1) is 0 Å². The maximum atomic E-state index is 10.7. The predicted molar refractivity (Wildman–Crippen MR) is 137 cm³/mol. The molecule has 2 heterocycles. The van der Waals surface area contributed by atoms with E-state index in [4.69, 9.17) is 4.98 Å². The van der Waals surface area contributed by atoms with Crippen molar-refractivity contribution in [1.82, 2.24) is 9.97 Å². The second-order valence-electron chi connectivity index (χ2n) is 10.6. The summed E-state index contributed by atoms with van der Waals surface area (Å²) < 4.78 is 0. The molecule has 168 valence electrons. The van der Waals surface area contributed by atoms with Crippen LogP contribution in [0.15, 0.2) is 79.0 Å². The van der Waals surface area contributed by atoms with Crippen LogP contribution in [0, 0.1) is 0 Å². The Morgan fingerprint density at radius 1 is 0.636 bits per heavy atom. The van der Waals surface area contributed by atoms with Crippen molar-refractivity contribution in [3.8, 4) is 39.5 Å².